The van der Waals surface area contributed by atoms with Gasteiger partial charge in [-0.15, -0.1) is 11.8 Å². The molecule has 4 aliphatic heterocycles. The van der Waals surface area contributed by atoms with Crippen molar-refractivity contribution in [3.05, 3.63) is 164 Å². The van der Waals surface area contributed by atoms with Crippen LogP contribution in [0.25, 0.3) is 44.1 Å². The van der Waals surface area contributed by atoms with E-state index in [1.165, 1.54) is 99.2 Å². The molecular formula is C47H30B2N4S. The van der Waals surface area contributed by atoms with Crippen molar-refractivity contribution in [3.8, 4) is 22.3 Å². The van der Waals surface area contributed by atoms with Crippen molar-refractivity contribution in [1.82, 2.24) is 8.96 Å². The van der Waals surface area contributed by atoms with E-state index < -0.39 is 0 Å². The van der Waals surface area contributed by atoms with E-state index in [1.807, 2.05) is 11.8 Å². The smallest absolute Gasteiger partial charge is 0.334 e. The fourth-order valence-electron chi connectivity index (χ4n) is 10.3. The molecule has 0 atom stereocenters. The highest BCUT2D eigenvalue weighted by atomic mass is 32.2. The SMILES string of the molecule is CSc1ccc2c(c1)N(c1ccccc1)c1c3c(cc4c1B1c5c(cccc5N4c4ccccc4)-c4cccc5ccn1c45)-c1cccc4ccn(c14)B23. The van der Waals surface area contributed by atoms with Gasteiger partial charge in [0.1, 0.15) is 0 Å². The van der Waals surface area contributed by atoms with Crippen LogP contribution in [0.2, 0.25) is 0 Å². The van der Waals surface area contributed by atoms with Crippen LogP contribution in [0.4, 0.5) is 34.1 Å². The van der Waals surface area contributed by atoms with E-state index >= 15 is 0 Å². The molecule has 0 amide bonds. The zero-order chi connectivity index (χ0) is 35.2. The third-order valence-electron chi connectivity index (χ3n) is 12.4. The highest BCUT2D eigenvalue weighted by molar-refractivity contribution is 7.98. The second kappa shape index (κ2) is 10.4. The molecule has 13 rings (SSSR count). The fraction of sp³-hybridized carbons (Fsp3) is 0.0213. The van der Waals surface area contributed by atoms with Crippen molar-refractivity contribution in [1.29, 1.82) is 0 Å². The second-order valence-corrected chi connectivity index (χ2v) is 15.7. The monoisotopic (exact) mass is 704 g/mol. The largest absolute Gasteiger partial charge is 0.382 e. The molecule has 7 aromatic carbocycles. The lowest BCUT2D eigenvalue weighted by Crippen LogP contribution is -2.63. The molecule has 2 aromatic heterocycles. The van der Waals surface area contributed by atoms with Crippen LogP contribution in [0.15, 0.2) is 169 Å². The molecule has 6 heterocycles. The highest BCUT2D eigenvalue weighted by Crippen LogP contribution is 2.49. The van der Waals surface area contributed by atoms with Gasteiger partial charge < -0.3 is 18.8 Å². The third kappa shape index (κ3) is 3.54. The Morgan fingerprint density at radius 3 is 1.78 bits per heavy atom. The number of aromatic nitrogens is 2. The molecule has 54 heavy (non-hydrogen) atoms. The van der Waals surface area contributed by atoms with Gasteiger partial charge in [-0.05, 0) is 123 Å². The summed E-state index contributed by atoms with van der Waals surface area (Å²) in [5.41, 5.74) is 20.5. The van der Waals surface area contributed by atoms with Crippen LogP contribution in [-0.2, 0) is 0 Å². The van der Waals surface area contributed by atoms with E-state index in [2.05, 4.69) is 189 Å². The lowest BCUT2D eigenvalue weighted by atomic mass is 9.40. The Balaban J connectivity index is 1.27. The minimum absolute atomic E-state index is 0.0148. The number of thioether (sulfide) groups is 1. The third-order valence-corrected chi connectivity index (χ3v) is 13.1. The van der Waals surface area contributed by atoms with Crippen molar-refractivity contribution in [2.45, 2.75) is 4.90 Å². The van der Waals surface area contributed by atoms with E-state index in [9.17, 15) is 0 Å². The van der Waals surface area contributed by atoms with Gasteiger partial charge in [-0.2, -0.15) is 0 Å². The Bertz CT molecular complexity index is 3080. The number of anilines is 6. The molecule has 0 N–H and O–H groups in total. The van der Waals surface area contributed by atoms with E-state index in [0.29, 0.717) is 0 Å². The van der Waals surface area contributed by atoms with Crippen LogP contribution in [-0.4, -0.2) is 28.9 Å². The van der Waals surface area contributed by atoms with Gasteiger partial charge in [0.05, 0.1) is 0 Å². The molecule has 250 valence electrons. The summed E-state index contributed by atoms with van der Waals surface area (Å²) >= 11 is 1.81. The molecule has 0 saturated heterocycles. The summed E-state index contributed by atoms with van der Waals surface area (Å²) in [5, 5.41) is 2.55. The molecule has 0 fully saturated rings. The van der Waals surface area contributed by atoms with E-state index in [1.54, 1.807) is 0 Å². The minimum Gasteiger partial charge on any atom is -0.382 e. The van der Waals surface area contributed by atoms with E-state index in [4.69, 9.17) is 0 Å². The average molecular weight is 704 g/mol. The van der Waals surface area contributed by atoms with Crippen LogP contribution in [0.5, 0.6) is 0 Å². The minimum atomic E-state index is -0.0436. The molecular weight excluding hydrogens is 674 g/mol. The van der Waals surface area contributed by atoms with Crippen molar-refractivity contribution in [2.75, 3.05) is 16.1 Å². The molecule has 9 aromatic rings. The second-order valence-electron chi connectivity index (χ2n) is 14.9. The maximum atomic E-state index is 2.61. The van der Waals surface area contributed by atoms with Gasteiger partial charge in [-0.25, -0.2) is 0 Å². The quantitative estimate of drug-likeness (QED) is 0.135. The van der Waals surface area contributed by atoms with E-state index in [-0.39, 0.29) is 13.7 Å². The van der Waals surface area contributed by atoms with Crippen molar-refractivity contribution >= 4 is 103 Å². The first kappa shape index (κ1) is 29.2. The van der Waals surface area contributed by atoms with Crippen molar-refractivity contribution in [3.63, 3.8) is 0 Å². The van der Waals surface area contributed by atoms with E-state index in [0.717, 1.165) is 5.69 Å². The summed E-state index contributed by atoms with van der Waals surface area (Å²) < 4.78 is 5.14. The topological polar surface area (TPSA) is 16.3 Å². The Morgan fingerprint density at radius 1 is 0.444 bits per heavy atom. The van der Waals surface area contributed by atoms with Crippen LogP contribution in [0.3, 0.4) is 0 Å². The van der Waals surface area contributed by atoms with Gasteiger partial charge in [-0.3, -0.25) is 0 Å². The molecule has 0 radical (unpaired) electrons. The summed E-state index contributed by atoms with van der Waals surface area (Å²) in [7, 11) is 0. The summed E-state index contributed by atoms with van der Waals surface area (Å²) in [6, 6.07) is 56.9. The summed E-state index contributed by atoms with van der Waals surface area (Å²) in [6.07, 6.45) is 6.85. The predicted octanol–water partition coefficient (Wildman–Crippen LogP) is 9.15. The molecule has 4 nitrogen and oxygen atoms in total. The molecule has 0 saturated carbocycles. The molecule has 7 heteroatoms. The van der Waals surface area contributed by atoms with Gasteiger partial charge in [0, 0.05) is 61.2 Å². The maximum Gasteiger partial charge on any atom is 0.334 e. The van der Waals surface area contributed by atoms with Crippen LogP contribution in [0.1, 0.15) is 0 Å². The number of hydrogen-bond acceptors (Lipinski definition) is 3. The number of rotatable bonds is 3. The molecule has 0 unspecified atom stereocenters. The standard InChI is InChI=1S/C47H30B2N4S/c1-54-33-21-22-38-40(27-33)53(32-15-6-3-7-16-32)47-43-37(36-19-9-12-30-23-25-50(46(30)36)48(38)43)28-41-44(47)49-42-34(35-18-8-11-29-24-26-51(49)45(29)35)17-10-20-39(42)52(41)31-13-4-2-5-14-31/h2-28H,1H3. The number of nitrogens with zero attached hydrogens (tertiary/aromatic N) is 4. The number of para-hydroxylation sites is 4. The van der Waals surface area contributed by atoms with Crippen molar-refractivity contribution < 1.29 is 0 Å². The average Bonchev–Trinajstić information content (AvgIpc) is 3.87. The molecule has 4 aliphatic rings. The predicted molar refractivity (Wildman–Crippen MR) is 230 cm³/mol. The van der Waals surface area contributed by atoms with Gasteiger partial charge in [-0.1, -0.05) is 91.0 Å². The zero-order valence-corrected chi connectivity index (χ0v) is 30.3. The maximum absolute atomic E-state index is 2.61. The molecule has 0 spiro atoms. The first-order chi connectivity index (χ1) is 26.8. The Hall–Kier alpha value is -6.30. The summed E-state index contributed by atoms with van der Waals surface area (Å²) in [5.74, 6) is 0. The summed E-state index contributed by atoms with van der Waals surface area (Å²) in [6.45, 7) is -0.0289. The number of benzene rings is 7. The van der Waals surface area contributed by atoms with Gasteiger partial charge in [0.15, 0.2) is 0 Å². The lowest BCUT2D eigenvalue weighted by Gasteiger charge is -2.47. The Labute approximate surface area is 318 Å². The fourth-order valence-corrected chi connectivity index (χ4v) is 10.8. The number of hydrogen-bond donors (Lipinski definition) is 0. The van der Waals surface area contributed by atoms with Crippen molar-refractivity contribution in [2.24, 2.45) is 0 Å². The Kier molecular flexibility index (Phi) is 5.64. The first-order valence-electron chi connectivity index (χ1n) is 18.7. The number of fused-ring (bicyclic) bond motifs is 9. The van der Waals surface area contributed by atoms with Crippen LogP contribution in [0, 0.1) is 0 Å². The molecule has 0 bridgehead atoms. The van der Waals surface area contributed by atoms with Gasteiger partial charge >= 0.3 is 13.7 Å². The van der Waals surface area contributed by atoms with Crippen LogP contribution < -0.4 is 31.7 Å². The Morgan fingerprint density at radius 2 is 1.07 bits per heavy atom. The van der Waals surface area contributed by atoms with Gasteiger partial charge in [0.2, 0.25) is 0 Å². The lowest BCUT2D eigenvalue weighted by molar-refractivity contribution is 1.20. The molecule has 0 aliphatic carbocycles. The zero-order valence-electron chi connectivity index (χ0n) is 29.4. The highest BCUT2D eigenvalue weighted by Gasteiger charge is 2.49. The normalized spacial score (nSPS) is 13.9. The summed E-state index contributed by atoms with van der Waals surface area (Å²) in [4.78, 5) is 6.42. The first-order valence-corrected chi connectivity index (χ1v) is 19.9. The van der Waals surface area contributed by atoms with Crippen LogP contribution >= 0.6 is 11.8 Å². The van der Waals surface area contributed by atoms with Gasteiger partial charge in [0.25, 0.3) is 0 Å².